The van der Waals surface area contributed by atoms with Gasteiger partial charge >= 0.3 is 0 Å². The lowest BCUT2D eigenvalue weighted by molar-refractivity contribution is 0.137. The second-order valence-electron chi connectivity index (χ2n) is 7.09. The monoisotopic (exact) mass is 459 g/mol. The van der Waals surface area contributed by atoms with Gasteiger partial charge in [-0.2, -0.15) is 0 Å². The summed E-state index contributed by atoms with van der Waals surface area (Å²) >= 11 is 5.38. The molecule has 0 saturated carbocycles. The molecule has 0 amide bonds. The Balaban J connectivity index is 1.34. The number of halogens is 1. The summed E-state index contributed by atoms with van der Waals surface area (Å²) < 4.78 is 2.21. The predicted molar refractivity (Wildman–Crippen MR) is 122 cm³/mol. The first-order valence-electron chi connectivity index (χ1n) is 9.93. The van der Waals surface area contributed by atoms with Gasteiger partial charge in [-0.15, -0.1) is 11.3 Å². The molecule has 0 aliphatic carbocycles. The Kier molecular flexibility index (Phi) is 6.57. The van der Waals surface area contributed by atoms with Gasteiger partial charge in [0.25, 0.3) is 0 Å². The van der Waals surface area contributed by atoms with Crippen molar-refractivity contribution >= 4 is 43.3 Å². The van der Waals surface area contributed by atoms with Crippen LogP contribution in [0.25, 0.3) is 20.7 Å². The topological polar surface area (TPSA) is 44.3 Å². The third kappa shape index (κ3) is 4.71. The quantitative estimate of drug-likeness (QED) is 0.524. The van der Waals surface area contributed by atoms with Crippen LogP contribution in [-0.2, 0) is 0 Å². The molecule has 1 N–H and O–H groups in total. The highest BCUT2D eigenvalue weighted by molar-refractivity contribution is 9.10. The molecule has 3 heterocycles. The summed E-state index contributed by atoms with van der Waals surface area (Å²) in [5, 5.41) is 4.66. The van der Waals surface area contributed by atoms with Crippen LogP contribution in [0.4, 0.5) is 5.95 Å². The minimum atomic E-state index is 0.700. The Morgan fingerprint density at radius 1 is 1.14 bits per heavy atom. The van der Waals surface area contributed by atoms with Crippen LogP contribution < -0.4 is 5.32 Å². The number of rotatable bonds is 7. The van der Waals surface area contributed by atoms with E-state index in [2.05, 4.69) is 73.3 Å². The summed E-state index contributed by atoms with van der Waals surface area (Å²) in [7, 11) is 0. The fraction of sp³-hybridized carbons (Fsp3) is 0.429. The van der Waals surface area contributed by atoms with Crippen LogP contribution >= 0.6 is 27.3 Å². The largest absolute Gasteiger partial charge is 0.354 e. The van der Waals surface area contributed by atoms with Crippen LogP contribution in [0.5, 0.6) is 0 Å². The Labute approximate surface area is 178 Å². The summed E-state index contributed by atoms with van der Waals surface area (Å²) in [4.78, 5) is 15.4. The molecular weight excluding hydrogens is 434 g/mol. The smallest absolute Gasteiger partial charge is 0.223 e. The second kappa shape index (κ2) is 9.31. The maximum atomic E-state index is 4.76. The first kappa shape index (κ1) is 19.8. The summed E-state index contributed by atoms with van der Waals surface area (Å²) in [6.45, 7) is 10.2. The third-order valence-electron chi connectivity index (χ3n) is 5.25. The lowest BCUT2D eigenvalue weighted by Gasteiger charge is -2.33. The van der Waals surface area contributed by atoms with Crippen molar-refractivity contribution in [3.05, 3.63) is 41.0 Å². The first-order valence-corrected chi connectivity index (χ1v) is 11.5. The zero-order chi connectivity index (χ0) is 19.3. The molecule has 4 rings (SSSR count). The van der Waals surface area contributed by atoms with E-state index in [1.807, 2.05) is 6.20 Å². The molecule has 28 heavy (non-hydrogen) atoms. The Morgan fingerprint density at radius 3 is 2.71 bits per heavy atom. The van der Waals surface area contributed by atoms with E-state index < -0.39 is 0 Å². The van der Waals surface area contributed by atoms with Crippen molar-refractivity contribution in [1.29, 1.82) is 0 Å². The van der Waals surface area contributed by atoms with Crippen molar-refractivity contribution in [1.82, 2.24) is 19.8 Å². The summed E-state index contributed by atoms with van der Waals surface area (Å²) in [6, 6.07) is 10.6. The van der Waals surface area contributed by atoms with Gasteiger partial charge in [0, 0.05) is 43.6 Å². The van der Waals surface area contributed by atoms with Crippen LogP contribution in [0, 0.1) is 0 Å². The number of benzene rings is 1. The van der Waals surface area contributed by atoms with Crippen molar-refractivity contribution in [3.63, 3.8) is 0 Å². The fourth-order valence-electron chi connectivity index (χ4n) is 3.56. The van der Waals surface area contributed by atoms with Gasteiger partial charge in [0.05, 0.1) is 9.35 Å². The molecule has 1 aromatic carbocycles. The van der Waals surface area contributed by atoms with Gasteiger partial charge < -0.3 is 15.1 Å². The molecule has 3 aromatic rings. The van der Waals surface area contributed by atoms with Crippen LogP contribution in [0.3, 0.4) is 0 Å². The molecule has 0 unspecified atom stereocenters. The molecule has 0 bridgehead atoms. The molecule has 148 valence electrons. The first-order chi connectivity index (χ1) is 13.7. The molecular formula is C21H26BrN5S. The van der Waals surface area contributed by atoms with E-state index in [-0.39, 0.29) is 0 Å². The predicted octanol–water partition coefficient (Wildman–Crippen LogP) is 4.56. The number of aromatic nitrogens is 2. The number of piperazine rings is 1. The number of fused-ring (bicyclic) bond motifs is 1. The van der Waals surface area contributed by atoms with Gasteiger partial charge in [0.1, 0.15) is 5.69 Å². The van der Waals surface area contributed by atoms with Gasteiger partial charge in [0.15, 0.2) is 0 Å². The number of nitrogens with zero attached hydrogens (tertiary/aromatic N) is 4. The standard InChI is InChI=1S/C21H26BrN5S/c1-2-26-10-12-27(13-11-26)9-5-8-23-21-24-15-17(22)20(25-21)19-14-16-6-3-4-7-18(16)28-19/h3-4,6-7,14-15H,2,5,8-13H2,1H3,(H,23,24,25). The lowest BCUT2D eigenvalue weighted by Crippen LogP contribution is -2.46. The molecule has 1 fully saturated rings. The zero-order valence-corrected chi connectivity index (χ0v) is 18.6. The normalized spacial score (nSPS) is 15.9. The van der Waals surface area contributed by atoms with E-state index in [0.29, 0.717) is 5.95 Å². The van der Waals surface area contributed by atoms with Gasteiger partial charge in [0.2, 0.25) is 5.95 Å². The Bertz CT molecular complexity index is 887. The molecule has 0 radical (unpaired) electrons. The minimum absolute atomic E-state index is 0.700. The van der Waals surface area contributed by atoms with Gasteiger partial charge in [-0.25, -0.2) is 9.97 Å². The molecule has 0 atom stereocenters. The molecule has 5 nitrogen and oxygen atoms in total. The van der Waals surface area contributed by atoms with E-state index in [1.165, 1.54) is 42.8 Å². The van der Waals surface area contributed by atoms with Crippen LogP contribution in [0.1, 0.15) is 13.3 Å². The van der Waals surface area contributed by atoms with Crippen molar-refractivity contribution in [2.45, 2.75) is 13.3 Å². The molecule has 1 saturated heterocycles. The molecule has 0 spiro atoms. The van der Waals surface area contributed by atoms with Crippen molar-refractivity contribution in [2.24, 2.45) is 0 Å². The van der Waals surface area contributed by atoms with Gasteiger partial charge in [-0.1, -0.05) is 25.1 Å². The van der Waals surface area contributed by atoms with E-state index in [1.54, 1.807) is 11.3 Å². The fourth-order valence-corrected chi connectivity index (χ4v) is 5.16. The number of likely N-dealkylation sites (N-methyl/N-ethyl adjacent to an activating group) is 1. The maximum absolute atomic E-state index is 4.76. The van der Waals surface area contributed by atoms with E-state index in [0.717, 1.165) is 34.6 Å². The summed E-state index contributed by atoms with van der Waals surface area (Å²) in [6.07, 6.45) is 2.95. The van der Waals surface area contributed by atoms with Gasteiger partial charge in [-0.05, 0) is 53.0 Å². The minimum Gasteiger partial charge on any atom is -0.354 e. The average Bonchev–Trinajstić information content (AvgIpc) is 3.17. The maximum Gasteiger partial charge on any atom is 0.223 e. The zero-order valence-electron chi connectivity index (χ0n) is 16.2. The highest BCUT2D eigenvalue weighted by atomic mass is 79.9. The molecule has 2 aromatic heterocycles. The highest BCUT2D eigenvalue weighted by Gasteiger charge is 2.15. The van der Waals surface area contributed by atoms with Crippen LogP contribution in [-0.4, -0.2) is 65.6 Å². The van der Waals surface area contributed by atoms with Gasteiger partial charge in [-0.3, -0.25) is 0 Å². The number of thiophene rings is 1. The van der Waals surface area contributed by atoms with Crippen LogP contribution in [0.2, 0.25) is 0 Å². The molecule has 1 aliphatic heterocycles. The van der Waals surface area contributed by atoms with Crippen molar-refractivity contribution in [3.8, 4) is 10.6 Å². The van der Waals surface area contributed by atoms with Crippen molar-refractivity contribution < 1.29 is 0 Å². The van der Waals surface area contributed by atoms with E-state index >= 15 is 0 Å². The number of hydrogen-bond donors (Lipinski definition) is 1. The Hall–Kier alpha value is -1.54. The van der Waals surface area contributed by atoms with E-state index in [4.69, 9.17) is 4.98 Å². The Morgan fingerprint density at radius 2 is 1.93 bits per heavy atom. The number of hydrogen-bond acceptors (Lipinski definition) is 6. The van der Waals surface area contributed by atoms with E-state index in [9.17, 15) is 0 Å². The summed E-state index contributed by atoms with van der Waals surface area (Å²) in [5.74, 6) is 0.700. The average molecular weight is 460 g/mol. The highest BCUT2D eigenvalue weighted by Crippen LogP contribution is 2.36. The third-order valence-corrected chi connectivity index (χ3v) is 6.95. The van der Waals surface area contributed by atoms with Crippen molar-refractivity contribution in [2.75, 3.05) is 51.1 Å². The summed E-state index contributed by atoms with van der Waals surface area (Å²) in [5.41, 5.74) is 0.953. The number of nitrogens with one attached hydrogen (secondary N) is 1. The SMILES string of the molecule is CCN1CCN(CCCNc2ncc(Br)c(-c3cc4ccccc4s3)n2)CC1. The second-order valence-corrected chi connectivity index (χ2v) is 9.03. The van der Waals surface area contributed by atoms with Crippen LogP contribution in [0.15, 0.2) is 41.0 Å². The molecule has 1 aliphatic rings. The lowest BCUT2D eigenvalue weighted by atomic mass is 10.2. The molecule has 7 heteroatoms. The number of anilines is 1.